The van der Waals surface area contributed by atoms with Gasteiger partial charge in [0.1, 0.15) is 0 Å². The number of sulfonamides is 1. The molecule has 6 heteroatoms. The minimum absolute atomic E-state index is 0.0783. The van der Waals surface area contributed by atoms with Gasteiger partial charge in [-0.2, -0.15) is 0 Å². The Labute approximate surface area is 168 Å². The number of hydrogen-bond acceptors (Lipinski definition) is 3. The molecule has 1 N–H and O–H groups in total. The first-order chi connectivity index (χ1) is 12.8. The van der Waals surface area contributed by atoms with Crippen molar-refractivity contribution in [3.8, 4) is 0 Å². The zero-order valence-corrected chi connectivity index (χ0v) is 18.5. The first kappa shape index (κ1) is 22.0. The minimum atomic E-state index is -3.40. The molecule has 0 spiro atoms. The lowest BCUT2D eigenvalue weighted by Gasteiger charge is -2.21. The highest BCUT2D eigenvalue weighted by Gasteiger charge is 2.18. The highest BCUT2D eigenvalue weighted by molar-refractivity contribution is 7.92. The molecular weight excluding hydrogens is 372 g/mol. The Morgan fingerprint density at radius 1 is 1.07 bits per heavy atom. The van der Waals surface area contributed by atoms with Crippen LogP contribution in [0.2, 0.25) is 0 Å². The van der Waals surface area contributed by atoms with Crippen molar-refractivity contribution in [3.05, 3.63) is 64.7 Å². The molecule has 0 aliphatic carbocycles. The topological polar surface area (TPSA) is 66.5 Å². The monoisotopic (exact) mass is 402 g/mol. The quantitative estimate of drug-likeness (QED) is 0.816. The molecule has 0 radical (unpaired) electrons. The summed E-state index contributed by atoms with van der Waals surface area (Å²) in [5.74, 6) is -0.240. The van der Waals surface area contributed by atoms with Gasteiger partial charge in [0, 0.05) is 12.6 Å². The lowest BCUT2D eigenvalue weighted by molar-refractivity contribution is 0.0940. The van der Waals surface area contributed by atoms with Crippen molar-refractivity contribution in [3.63, 3.8) is 0 Å². The first-order valence-corrected chi connectivity index (χ1v) is 11.1. The third-order valence-electron chi connectivity index (χ3n) is 4.93. The summed E-state index contributed by atoms with van der Waals surface area (Å²) in [7, 11) is -1.92. The summed E-state index contributed by atoms with van der Waals surface area (Å²) in [4.78, 5) is 12.7. The fourth-order valence-corrected chi connectivity index (χ4v) is 3.46. The van der Waals surface area contributed by atoms with E-state index in [9.17, 15) is 13.2 Å². The molecule has 0 fully saturated rings. The Kier molecular flexibility index (Phi) is 6.24. The summed E-state index contributed by atoms with van der Waals surface area (Å²) in [6, 6.07) is 13.1. The number of benzene rings is 2. The molecule has 1 amide bonds. The summed E-state index contributed by atoms with van der Waals surface area (Å²) in [6.45, 7) is 10.2. The van der Waals surface area contributed by atoms with Crippen LogP contribution < -0.4 is 9.62 Å². The molecule has 2 rings (SSSR count). The number of carbonyl (C=O) groups is 1. The minimum Gasteiger partial charge on any atom is -0.346 e. The number of anilines is 1. The van der Waals surface area contributed by atoms with Gasteiger partial charge >= 0.3 is 0 Å². The van der Waals surface area contributed by atoms with Gasteiger partial charge in [0.15, 0.2) is 0 Å². The van der Waals surface area contributed by atoms with Crippen LogP contribution in [0.5, 0.6) is 0 Å². The number of hydrogen-bond donors (Lipinski definition) is 1. The van der Waals surface area contributed by atoms with Gasteiger partial charge in [0.25, 0.3) is 5.91 Å². The molecule has 2 aromatic rings. The first-order valence-electron chi connectivity index (χ1n) is 9.26. The lowest BCUT2D eigenvalue weighted by atomic mass is 9.86. The summed E-state index contributed by atoms with van der Waals surface area (Å²) >= 11 is 0. The largest absolute Gasteiger partial charge is 0.346 e. The molecule has 28 heavy (non-hydrogen) atoms. The van der Waals surface area contributed by atoms with Crippen molar-refractivity contribution in [2.45, 2.75) is 46.1 Å². The molecule has 0 heterocycles. The fraction of sp³-hybridized carbons (Fsp3) is 0.409. The van der Waals surface area contributed by atoms with Gasteiger partial charge < -0.3 is 5.32 Å². The van der Waals surface area contributed by atoms with E-state index in [2.05, 4.69) is 38.2 Å². The van der Waals surface area contributed by atoms with E-state index in [-0.39, 0.29) is 17.4 Å². The summed E-state index contributed by atoms with van der Waals surface area (Å²) in [6.07, 6.45) is 1.14. The van der Waals surface area contributed by atoms with Crippen molar-refractivity contribution in [2.24, 2.45) is 0 Å². The van der Waals surface area contributed by atoms with Gasteiger partial charge in [-0.1, -0.05) is 51.1 Å². The predicted molar refractivity (Wildman–Crippen MR) is 115 cm³/mol. The second kappa shape index (κ2) is 7.95. The van der Waals surface area contributed by atoms with Gasteiger partial charge in [-0.25, -0.2) is 8.42 Å². The zero-order valence-electron chi connectivity index (χ0n) is 17.7. The van der Waals surface area contributed by atoms with Crippen molar-refractivity contribution in [1.82, 2.24) is 5.32 Å². The van der Waals surface area contributed by atoms with Crippen molar-refractivity contribution < 1.29 is 13.2 Å². The smallest absolute Gasteiger partial charge is 0.251 e. The Morgan fingerprint density at radius 2 is 1.64 bits per heavy atom. The zero-order chi connectivity index (χ0) is 21.3. The SMILES string of the molecule is Cc1ccc(C(=O)N[C@@H](C)c2ccc(C(C)(C)C)cc2)cc1N(C)S(C)(=O)=O. The van der Waals surface area contributed by atoms with E-state index < -0.39 is 10.0 Å². The van der Waals surface area contributed by atoms with E-state index in [1.54, 1.807) is 18.2 Å². The van der Waals surface area contributed by atoms with Crippen LogP contribution in [-0.4, -0.2) is 27.6 Å². The van der Waals surface area contributed by atoms with Crippen molar-refractivity contribution in [2.75, 3.05) is 17.6 Å². The standard InChI is InChI=1S/C22H30N2O3S/c1-15-8-9-18(14-20(15)24(6)28(7,26)27)21(25)23-16(2)17-10-12-19(13-11-17)22(3,4)5/h8-14,16H,1-7H3,(H,23,25)/t16-/m0/s1. The van der Waals surface area contributed by atoms with Gasteiger partial charge in [0.2, 0.25) is 10.0 Å². The average Bonchev–Trinajstić information content (AvgIpc) is 2.60. The number of nitrogens with one attached hydrogen (secondary N) is 1. The molecule has 0 saturated carbocycles. The van der Waals surface area contributed by atoms with Crippen LogP contribution in [-0.2, 0) is 15.4 Å². The maximum atomic E-state index is 12.7. The van der Waals surface area contributed by atoms with E-state index in [0.29, 0.717) is 11.3 Å². The van der Waals surface area contributed by atoms with Crippen LogP contribution in [0.1, 0.15) is 60.8 Å². The van der Waals surface area contributed by atoms with Crippen molar-refractivity contribution >= 4 is 21.6 Å². The summed E-state index contributed by atoms with van der Waals surface area (Å²) in [5, 5.41) is 2.99. The molecule has 0 aliphatic heterocycles. The molecule has 0 bridgehead atoms. The van der Waals surface area contributed by atoms with E-state index in [0.717, 1.165) is 17.4 Å². The third-order valence-corrected chi connectivity index (χ3v) is 6.12. The average molecular weight is 403 g/mol. The Hall–Kier alpha value is -2.34. The molecule has 2 aromatic carbocycles. The Morgan fingerprint density at radius 3 is 2.14 bits per heavy atom. The molecule has 5 nitrogen and oxygen atoms in total. The van der Waals surface area contributed by atoms with Crippen LogP contribution in [0.15, 0.2) is 42.5 Å². The number of nitrogens with zero attached hydrogens (tertiary/aromatic N) is 1. The molecule has 0 aliphatic rings. The van der Waals surface area contributed by atoms with Crippen LogP contribution in [0, 0.1) is 6.92 Å². The second-order valence-corrected chi connectivity index (χ2v) is 10.3. The third kappa shape index (κ3) is 5.13. The predicted octanol–water partition coefficient (Wildman–Crippen LogP) is 4.18. The maximum absolute atomic E-state index is 12.7. The normalized spacial score (nSPS) is 13.1. The maximum Gasteiger partial charge on any atom is 0.251 e. The molecule has 0 saturated heterocycles. The number of rotatable bonds is 5. The summed E-state index contributed by atoms with van der Waals surface area (Å²) in [5.41, 5.74) is 4.04. The lowest BCUT2D eigenvalue weighted by Crippen LogP contribution is -2.28. The molecule has 0 aromatic heterocycles. The molecular formula is C22H30N2O3S. The highest BCUT2D eigenvalue weighted by atomic mass is 32.2. The van der Waals surface area contributed by atoms with Gasteiger partial charge in [-0.05, 0) is 48.1 Å². The number of aryl methyl sites for hydroxylation is 1. The van der Waals surface area contributed by atoms with E-state index in [1.165, 1.54) is 16.9 Å². The van der Waals surface area contributed by atoms with Gasteiger partial charge in [-0.3, -0.25) is 9.10 Å². The number of amides is 1. The number of carbonyl (C=O) groups excluding carboxylic acids is 1. The fourth-order valence-electron chi connectivity index (χ4n) is 2.90. The van der Waals surface area contributed by atoms with Gasteiger partial charge in [0.05, 0.1) is 18.0 Å². The highest BCUT2D eigenvalue weighted by Crippen LogP contribution is 2.25. The molecule has 152 valence electrons. The van der Waals surface area contributed by atoms with E-state index in [1.807, 2.05) is 26.0 Å². The van der Waals surface area contributed by atoms with Gasteiger partial charge in [-0.15, -0.1) is 0 Å². The second-order valence-electron chi connectivity index (χ2n) is 8.30. The van der Waals surface area contributed by atoms with Crippen LogP contribution in [0.4, 0.5) is 5.69 Å². The van der Waals surface area contributed by atoms with E-state index >= 15 is 0 Å². The van der Waals surface area contributed by atoms with Crippen molar-refractivity contribution in [1.29, 1.82) is 0 Å². The Balaban J connectivity index is 2.21. The van der Waals surface area contributed by atoms with Crippen LogP contribution in [0.25, 0.3) is 0 Å². The Bertz CT molecular complexity index is 958. The summed E-state index contributed by atoms with van der Waals surface area (Å²) < 4.78 is 24.9. The molecule has 1 atom stereocenters. The van der Waals surface area contributed by atoms with Crippen LogP contribution in [0.3, 0.4) is 0 Å². The van der Waals surface area contributed by atoms with Crippen LogP contribution >= 0.6 is 0 Å². The van der Waals surface area contributed by atoms with E-state index in [4.69, 9.17) is 0 Å². The molecule has 0 unspecified atom stereocenters.